The Hall–Kier alpha value is -1.75. The number of amides is 1. The van der Waals surface area contributed by atoms with Crippen LogP contribution in [0, 0.1) is 5.41 Å². The molecule has 1 aliphatic carbocycles. The summed E-state index contributed by atoms with van der Waals surface area (Å²) in [5.74, 6) is 1.27. The molecule has 1 fully saturated rings. The molecule has 1 aromatic rings. The molecule has 0 radical (unpaired) electrons. The molecular formula is C15H22N2O3. The van der Waals surface area contributed by atoms with Crippen molar-refractivity contribution >= 4 is 11.6 Å². The molecule has 1 amide bonds. The molecule has 5 nitrogen and oxygen atoms in total. The van der Waals surface area contributed by atoms with Crippen molar-refractivity contribution in [1.29, 1.82) is 0 Å². The topological polar surface area (TPSA) is 73.6 Å². The highest BCUT2D eigenvalue weighted by Crippen LogP contribution is 2.43. The van der Waals surface area contributed by atoms with Gasteiger partial charge >= 0.3 is 0 Å². The van der Waals surface area contributed by atoms with Gasteiger partial charge in [0.15, 0.2) is 0 Å². The Morgan fingerprint density at radius 3 is 2.60 bits per heavy atom. The Bertz CT molecular complexity index is 478. The van der Waals surface area contributed by atoms with E-state index in [1.54, 1.807) is 32.4 Å². The molecule has 0 unspecified atom stereocenters. The lowest BCUT2D eigenvalue weighted by molar-refractivity contribution is -0.119. The number of nitrogens with one attached hydrogen (secondary N) is 1. The fourth-order valence-corrected chi connectivity index (χ4v) is 2.57. The van der Waals surface area contributed by atoms with Crippen molar-refractivity contribution in [2.45, 2.75) is 25.7 Å². The highest BCUT2D eigenvalue weighted by Gasteiger charge is 2.37. The van der Waals surface area contributed by atoms with Gasteiger partial charge in [-0.2, -0.15) is 0 Å². The van der Waals surface area contributed by atoms with Crippen molar-refractivity contribution in [1.82, 2.24) is 0 Å². The molecule has 0 atom stereocenters. The molecule has 0 aromatic heterocycles. The molecule has 110 valence electrons. The van der Waals surface area contributed by atoms with E-state index < -0.39 is 0 Å². The minimum atomic E-state index is -0.0152. The number of nitrogens with two attached hydrogens (primary N) is 1. The summed E-state index contributed by atoms with van der Waals surface area (Å²) in [6, 6.07) is 5.32. The van der Waals surface area contributed by atoms with Crippen LogP contribution in [0.15, 0.2) is 18.2 Å². The van der Waals surface area contributed by atoms with Crippen LogP contribution in [0.1, 0.15) is 25.7 Å². The number of ether oxygens (including phenoxy) is 2. The summed E-state index contributed by atoms with van der Waals surface area (Å²) in [7, 11) is 3.16. The van der Waals surface area contributed by atoms with Gasteiger partial charge in [-0.25, -0.2) is 0 Å². The number of carbonyl (C=O) groups is 1. The average Bonchev–Trinajstić information content (AvgIpc) is 2.43. The first-order valence-corrected chi connectivity index (χ1v) is 6.84. The number of rotatable bonds is 6. The minimum Gasteiger partial charge on any atom is -0.497 e. The van der Waals surface area contributed by atoms with Gasteiger partial charge in [0.1, 0.15) is 11.5 Å². The van der Waals surface area contributed by atoms with Crippen LogP contribution < -0.4 is 20.5 Å². The maximum Gasteiger partial charge on any atom is 0.225 e. The first-order chi connectivity index (χ1) is 9.62. The summed E-state index contributed by atoms with van der Waals surface area (Å²) in [4.78, 5) is 12.1. The molecule has 0 bridgehead atoms. The second kappa shape index (κ2) is 6.13. The Kier molecular flexibility index (Phi) is 4.49. The van der Waals surface area contributed by atoms with E-state index in [9.17, 15) is 4.79 Å². The predicted molar refractivity (Wildman–Crippen MR) is 78.1 cm³/mol. The highest BCUT2D eigenvalue weighted by atomic mass is 16.5. The quantitative estimate of drug-likeness (QED) is 0.836. The van der Waals surface area contributed by atoms with E-state index >= 15 is 0 Å². The van der Waals surface area contributed by atoms with Gasteiger partial charge in [0.05, 0.1) is 19.9 Å². The molecule has 0 spiro atoms. The summed E-state index contributed by atoms with van der Waals surface area (Å²) in [6.07, 6.45) is 3.71. The van der Waals surface area contributed by atoms with Crippen LogP contribution in [0.4, 0.5) is 5.69 Å². The lowest BCUT2D eigenvalue weighted by atomic mass is 9.66. The van der Waals surface area contributed by atoms with Crippen molar-refractivity contribution in [2.75, 3.05) is 26.1 Å². The van der Waals surface area contributed by atoms with Gasteiger partial charge < -0.3 is 20.5 Å². The molecule has 2 rings (SSSR count). The number of methoxy groups -OCH3 is 2. The lowest BCUT2D eigenvalue weighted by Crippen LogP contribution is -2.40. The van der Waals surface area contributed by atoms with E-state index in [2.05, 4.69) is 5.32 Å². The van der Waals surface area contributed by atoms with Crippen LogP contribution >= 0.6 is 0 Å². The van der Waals surface area contributed by atoms with Crippen LogP contribution in [-0.4, -0.2) is 26.7 Å². The third-order valence-electron chi connectivity index (χ3n) is 4.07. The number of hydrogen-bond acceptors (Lipinski definition) is 4. The van der Waals surface area contributed by atoms with Gasteiger partial charge in [-0.15, -0.1) is 0 Å². The molecule has 0 aliphatic heterocycles. The molecule has 1 aliphatic rings. The van der Waals surface area contributed by atoms with E-state index in [0.29, 0.717) is 30.2 Å². The van der Waals surface area contributed by atoms with Crippen LogP contribution in [0.3, 0.4) is 0 Å². The fraction of sp³-hybridized carbons (Fsp3) is 0.533. The zero-order valence-electron chi connectivity index (χ0n) is 12.1. The third-order valence-corrected chi connectivity index (χ3v) is 4.07. The normalized spacial score (nSPS) is 16.1. The minimum absolute atomic E-state index is 0.00376. The fourth-order valence-electron chi connectivity index (χ4n) is 2.57. The highest BCUT2D eigenvalue weighted by molar-refractivity contribution is 5.92. The van der Waals surface area contributed by atoms with Gasteiger partial charge in [0.25, 0.3) is 0 Å². The van der Waals surface area contributed by atoms with Crippen LogP contribution in [0.5, 0.6) is 11.5 Å². The molecular weight excluding hydrogens is 256 g/mol. The summed E-state index contributed by atoms with van der Waals surface area (Å²) in [5.41, 5.74) is 6.44. The van der Waals surface area contributed by atoms with E-state index in [4.69, 9.17) is 15.2 Å². The smallest absolute Gasteiger partial charge is 0.225 e. The molecule has 5 heteroatoms. The largest absolute Gasteiger partial charge is 0.497 e. The number of hydrogen-bond donors (Lipinski definition) is 2. The van der Waals surface area contributed by atoms with Crippen LogP contribution in [0.2, 0.25) is 0 Å². The Morgan fingerprint density at radius 2 is 2.10 bits per heavy atom. The van der Waals surface area contributed by atoms with Crippen molar-refractivity contribution in [3.63, 3.8) is 0 Å². The van der Waals surface area contributed by atoms with Gasteiger partial charge in [-0.3, -0.25) is 4.79 Å². The van der Waals surface area contributed by atoms with Gasteiger partial charge in [-0.05, 0) is 36.9 Å². The van der Waals surface area contributed by atoms with Crippen LogP contribution in [0.25, 0.3) is 0 Å². The summed E-state index contributed by atoms with van der Waals surface area (Å²) >= 11 is 0. The summed E-state index contributed by atoms with van der Waals surface area (Å²) in [6.45, 7) is 0.570. The van der Waals surface area contributed by atoms with Crippen LogP contribution in [-0.2, 0) is 4.79 Å². The maximum atomic E-state index is 12.1. The SMILES string of the molecule is COc1ccc(NC(=O)CC2(CN)CCC2)c(OC)c1. The van der Waals surface area contributed by atoms with Gasteiger partial charge in [0, 0.05) is 12.5 Å². The number of carbonyl (C=O) groups excluding carboxylic acids is 1. The van der Waals surface area contributed by atoms with Crippen molar-refractivity contribution < 1.29 is 14.3 Å². The standard InChI is InChI=1S/C15H22N2O3/c1-19-11-4-5-12(13(8-11)20-2)17-14(18)9-15(10-16)6-3-7-15/h4-5,8H,3,6-7,9-10,16H2,1-2H3,(H,17,18). The van der Waals surface area contributed by atoms with E-state index in [1.807, 2.05) is 0 Å². The third kappa shape index (κ3) is 3.04. The second-order valence-corrected chi connectivity index (χ2v) is 5.35. The number of anilines is 1. The zero-order chi connectivity index (χ0) is 14.6. The Balaban J connectivity index is 2.03. The van der Waals surface area contributed by atoms with Crippen molar-refractivity contribution in [3.05, 3.63) is 18.2 Å². The molecule has 0 heterocycles. The predicted octanol–water partition coefficient (Wildman–Crippen LogP) is 2.16. The van der Waals surface area contributed by atoms with Gasteiger partial charge in [-0.1, -0.05) is 6.42 Å². The van der Waals surface area contributed by atoms with E-state index in [1.165, 1.54) is 0 Å². The van der Waals surface area contributed by atoms with Crippen molar-refractivity contribution in [3.8, 4) is 11.5 Å². The molecule has 0 saturated heterocycles. The first kappa shape index (κ1) is 14.7. The second-order valence-electron chi connectivity index (χ2n) is 5.35. The molecule has 1 saturated carbocycles. The Labute approximate surface area is 119 Å². The Morgan fingerprint density at radius 1 is 1.35 bits per heavy atom. The maximum absolute atomic E-state index is 12.1. The zero-order valence-corrected chi connectivity index (χ0v) is 12.1. The molecule has 3 N–H and O–H groups in total. The van der Waals surface area contributed by atoms with E-state index in [-0.39, 0.29) is 11.3 Å². The molecule has 20 heavy (non-hydrogen) atoms. The first-order valence-electron chi connectivity index (χ1n) is 6.84. The summed E-state index contributed by atoms with van der Waals surface area (Å²) < 4.78 is 10.4. The van der Waals surface area contributed by atoms with Gasteiger partial charge in [0.2, 0.25) is 5.91 Å². The monoisotopic (exact) mass is 278 g/mol. The lowest BCUT2D eigenvalue weighted by Gasteiger charge is -2.40. The van der Waals surface area contributed by atoms with E-state index in [0.717, 1.165) is 19.3 Å². The number of benzene rings is 1. The summed E-state index contributed by atoms with van der Waals surface area (Å²) in [5, 5.41) is 2.90. The van der Waals surface area contributed by atoms with Crippen molar-refractivity contribution in [2.24, 2.45) is 11.1 Å². The average molecular weight is 278 g/mol. The molecule has 1 aromatic carbocycles.